The van der Waals surface area contributed by atoms with E-state index in [2.05, 4.69) is 39.6 Å². The Morgan fingerprint density at radius 1 is 1.50 bits per heavy atom. The number of aliphatic imine (C=N–C) groups is 1. The molecule has 0 aliphatic rings. The molecular weight excluding hydrogens is 455 g/mol. The maximum Gasteiger partial charge on any atom is 0.193 e. The van der Waals surface area contributed by atoms with Crippen LogP contribution in [-0.2, 0) is 20.0 Å². The van der Waals surface area contributed by atoms with Gasteiger partial charge in [0.2, 0.25) is 0 Å². The van der Waals surface area contributed by atoms with Crippen LogP contribution >= 0.6 is 46.9 Å². The van der Waals surface area contributed by atoms with E-state index in [1.54, 1.807) is 0 Å². The Morgan fingerprint density at radius 2 is 2.25 bits per heavy atom. The number of halogens is 2. The second-order valence-corrected chi connectivity index (χ2v) is 7.40. The highest BCUT2D eigenvalue weighted by Gasteiger charge is 2.11. The van der Waals surface area contributed by atoms with Crippen molar-refractivity contribution < 1.29 is 0 Å². The number of thiophene rings is 1. The molecule has 134 valence electrons. The Hall–Kier alpha value is -0.730. The normalized spacial score (nSPS) is 12.6. The Morgan fingerprint density at radius 3 is 2.79 bits per heavy atom. The van der Waals surface area contributed by atoms with Crippen LogP contribution in [-0.4, -0.2) is 36.1 Å². The Bertz CT molecular complexity index is 639. The SMILES string of the molecule is CN=C(NCC(C)Cc1cccs1)N(C)Cc1cc(Cl)cn1C.I. The third-order valence-corrected chi connectivity index (χ3v) is 4.89. The minimum atomic E-state index is 0. The summed E-state index contributed by atoms with van der Waals surface area (Å²) in [5.41, 5.74) is 1.16. The molecule has 4 nitrogen and oxygen atoms in total. The lowest BCUT2D eigenvalue weighted by molar-refractivity contribution is 0.450. The van der Waals surface area contributed by atoms with E-state index in [4.69, 9.17) is 11.6 Å². The minimum absolute atomic E-state index is 0. The van der Waals surface area contributed by atoms with Crippen molar-refractivity contribution in [3.05, 3.63) is 45.4 Å². The number of hydrogen-bond donors (Lipinski definition) is 1. The third kappa shape index (κ3) is 6.29. The van der Waals surface area contributed by atoms with Gasteiger partial charge in [-0.05, 0) is 29.9 Å². The summed E-state index contributed by atoms with van der Waals surface area (Å²) in [4.78, 5) is 7.93. The molecule has 1 unspecified atom stereocenters. The van der Waals surface area contributed by atoms with Crippen LogP contribution in [0.5, 0.6) is 0 Å². The molecule has 2 heterocycles. The molecule has 1 atom stereocenters. The molecule has 2 aromatic heterocycles. The van der Waals surface area contributed by atoms with Gasteiger partial charge in [0, 0.05) is 44.5 Å². The van der Waals surface area contributed by atoms with Crippen molar-refractivity contribution >= 4 is 52.9 Å². The highest BCUT2D eigenvalue weighted by atomic mass is 127. The fraction of sp³-hybridized carbons (Fsp3) is 0.471. The smallest absolute Gasteiger partial charge is 0.193 e. The molecule has 2 rings (SSSR count). The number of aryl methyl sites for hydroxylation is 1. The maximum atomic E-state index is 6.05. The average Bonchev–Trinajstić information content (AvgIpc) is 3.10. The number of aromatic nitrogens is 1. The van der Waals surface area contributed by atoms with Gasteiger partial charge in [0.15, 0.2) is 5.96 Å². The van der Waals surface area contributed by atoms with Crippen molar-refractivity contribution in [2.75, 3.05) is 20.6 Å². The fourth-order valence-electron chi connectivity index (χ4n) is 2.54. The number of nitrogens with one attached hydrogen (secondary N) is 1. The van der Waals surface area contributed by atoms with Crippen LogP contribution in [0.2, 0.25) is 5.02 Å². The van der Waals surface area contributed by atoms with Crippen LogP contribution in [0.4, 0.5) is 0 Å². The second kappa shape index (κ2) is 10.3. The molecule has 24 heavy (non-hydrogen) atoms. The zero-order chi connectivity index (χ0) is 16.8. The summed E-state index contributed by atoms with van der Waals surface area (Å²) >= 11 is 7.87. The molecule has 0 saturated heterocycles. The van der Waals surface area contributed by atoms with Gasteiger partial charge in [-0.3, -0.25) is 4.99 Å². The van der Waals surface area contributed by atoms with E-state index in [0.717, 1.165) is 36.2 Å². The number of nitrogens with zero attached hydrogens (tertiary/aromatic N) is 3. The largest absolute Gasteiger partial charge is 0.356 e. The van der Waals surface area contributed by atoms with E-state index in [0.29, 0.717) is 5.92 Å². The lowest BCUT2D eigenvalue weighted by atomic mass is 10.1. The van der Waals surface area contributed by atoms with Gasteiger partial charge in [-0.25, -0.2) is 0 Å². The van der Waals surface area contributed by atoms with Crippen molar-refractivity contribution in [3.63, 3.8) is 0 Å². The molecule has 2 aromatic rings. The summed E-state index contributed by atoms with van der Waals surface area (Å²) in [6.07, 6.45) is 3.02. The zero-order valence-electron chi connectivity index (χ0n) is 14.6. The molecule has 0 saturated carbocycles. The summed E-state index contributed by atoms with van der Waals surface area (Å²) in [7, 11) is 5.87. The quantitative estimate of drug-likeness (QED) is 0.381. The van der Waals surface area contributed by atoms with Gasteiger partial charge >= 0.3 is 0 Å². The molecule has 0 amide bonds. The number of guanidine groups is 1. The fourth-order valence-corrected chi connectivity index (χ4v) is 3.68. The van der Waals surface area contributed by atoms with Gasteiger partial charge in [-0.2, -0.15) is 0 Å². The van der Waals surface area contributed by atoms with Gasteiger partial charge in [0.05, 0.1) is 11.6 Å². The summed E-state index contributed by atoms with van der Waals surface area (Å²) in [6, 6.07) is 6.30. The molecule has 1 N–H and O–H groups in total. The first-order chi connectivity index (χ1) is 11.0. The standard InChI is InChI=1S/C17H25ClN4S.HI/c1-13(8-16-6-5-7-23-16)10-20-17(19-2)22(4)12-15-9-14(18)11-21(15)3;/h5-7,9,11,13H,8,10,12H2,1-4H3,(H,19,20);1H. The summed E-state index contributed by atoms with van der Waals surface area (Å²) in [5.74, 6) is 1.46. The number of rotatable bonds is 6. The van der Waals surface area contributed by atoms with Crippen molar-refractivity contribution in [3.8, 4) is 0 Å². The van der Waals surface area contributed by atoms with Crippen LogP contribution in [0.15, 0.2) is 34.8 Å². The molecule has 0 radical (unpaired) electrons. The first-order valence-corrected chi connectivity index (χ1v) is 9.00. The number of hydrogen-bond acceptors (Lipinski definition) is 2. The highest BCUT2D eigenvalue weighted by Crippen LogP contribution is 2.15. The summed E-state index contributed by atoms with van der Waals surface area (Å²) in [5, 5.41) is 6.37. The van der Waals surface area contributed by atoms with Crippen molar-refractivity contribution in [1.29, 1.82) is 0 Å². The predicted molar refractivity (Wildman–Crippen MR) is 116 cm³/mol. The average molecular weight is 481 g/mol. The van der Waals surface area contributed by atoms with Gasteiger partial charge in [-0.1, -0.05) is 24.6 Å². The van der Waals surface area contributed by atoms with Crippen molar-refractivity contribution in [2.45, 2.75) is 19.9 Å². The minimum Gasteiger partial charge on any atom is -0.356 e. The van der Waals surface area contributed by atoms with E-state index >= 15 is 0 Å². The van der Waals surface area contributed by atoms with E-state index in [-0.39, 0.29) is 24.0 Å². The Labute approximate surface area is 170 Å². The Balaban J connectivity index is 0.00000288. The predicted octanol–water partition coefficient (Wildman–Crippen LogP) is 4.24. The topological polar surface area (TPSA) is 32.6 Å². The first kappa shape index (κ1) is 21.3. The second-order valence-electron chi connectivity index (χ2n) is 5.93. The van der Waals surface area contributed by atoms with E-state index in [1.807, 2.05) is 49.3 Å². The van der Waals surface area contributed by atoms with Crippen LogP contribution in [0, 0.1) is 5.92 Å². The lowest BCUT2D eigenvalue weighted by Crippen LogP contribution is -2.40. The monoisotopic (exact) mass is 480 g/mol. The van der Waals surface area contributed by atoms with Gasteiger partial charge in [-0.15, -0.1) is 35.3 Å². The molecule has 0 aromatic carbocycles. The molecule has 0 aliphatic carbocycles. The van der Waals surface area contributed by atoms with Crippen LogP contribution in [0.3, 0.4) is 0 Å². The highest BCUT2D eigenvalue weighted by molar-refractivity contribution is 14.0. The molecule has 0 fully saturated rings. The lowest BCUT2D eigenvalue weighted by Gasteiger charge is -2.23. The van der Waals surface area contributed by atoms with E-state index in [9.17, 15) is 0 Å². The molecule has 7 heteroatoms. The third-order valence-electron chi connectivity index (χ3n) is 3.79. The first-order valence-electron chi connectivity index (χ1n) is 7.74. The van der Waals surface area contributed by atoms with Crippen molar-refractivity contribution in [1.82, 2.24) is 14.8 Å². The van der Waals surface area contributed by atoms with Crippen LogP contribution < -0.4 is 5.32 Å². The molecule has 0 aliphatic heterocycles. The van der Waals surface area contributed by atoms with Gasteiger partial charge < -0.3 is 14.8 Å². The maximum absolute atomic E-state index is 6.05. The molecular formula is C17H26ClIN4S. The van der Waals surface area contributed by atoms with Crippen LogP contribution in [0.25, 0.3) is 0 Å². The van der Waals surface area contributed by atoms with Crippen LogP contribution in [0.1, 0.15) is 17.5 Å². The zero-order valence-corrected chi connectivity index (χ0v) is 18.5. The van der Waals surface area contributed by atoms with Gasteiger partial charge in [0.25, 0.3) is 0 Å². The van der Waals surface area contributed by atoms with Crippen molar-refractivity contribution in [2.24, 2.45) is 18.0 Å². The summed E-state index contributed by atoms with van der Waals surface area (Å²) in [6.45, 7) is 3.93. The van der Waals surface area contributed by atoms with E-state index in [1.165, 1.54) is 4.88 Å². The van der Waals surface area contributed by atoms with Gasteiger partial charge in [0.1, 0.15) is 0 Å². The summed E-state index contributed by atoms with van der Waals surface area (Å²) < 4.78 is 2.05. The molecule has 0 bridgehead atoms. The molecule has 0 spiro atoms. The van der Waals surface area contributed by atoms with E-state index < -0.39 is 0 Å². The Kier molecular flexibility index (Phi) is 9.15.